The molecule has 1 aliphatic rings. The summed E-state index contributed by atoms with van der Waals surface area (Å²) in [5.41, 5.74) is 2.38. The van der Waals surface area contributed by atoms with E-state index in [1.54, 1.807) is 10.4 Å². The summed E-state index contributed by atoms with van der Waals surface area (Å²) in [4.78, 5) is 5.62. The van der Waals surface area contributed by atoms with Gasteiger partial charge in [0.2, 0.25) is 0 Å². The summed E-state index contributed by atoms with van der Waals surface area (Å²) < 4.78 is 27.7. The van der Waals surface area contributed by atoms with Crippen LogP contribution < -0.4 is 10.6 Å². The minimum absolute atomic E-state index is 0.429. The third kappa shape index (κ3) is 6.04. The molecule has 0 radical (unpaired) electrons. The Kier molecular flexibility index (Phi) is 7.69. The number of sulfonamides is 1. The zero-order valence-corrected chi connectivity index (χ0v) is 18.8. The van der Waals surface area contributed by atoms with Crippen molar-refractivity contribution in [2.24, 2.45) is 4.99 Å². The van der Waals surface area contributed by atoms with Crippen molar-refractivity contribution in [2.75, 3.05) is 19.6 Å². The van der Waals surface area contributed by atoms with Gasteiger partial charge in [-0.2, -0.15) is 4.31 Å². The van der Waals surface area contributed by atoms with Crippen molar-refractivity contribution in [3.05, 3.63) is 52.4 Å². The summed E-state index contributed by atoms with van der Waals surface area (Å²) in [7, 11) is -3.36. The Balaban J connectivity index is 1.62. The highest BCUT2D eigenvalue weighted by Crippen LogP contribution is 2.27. The largest absolute Gasteiger partial charge is 0.357 e. The number of nitrogens with one attached hydrogen (secondary N) is 2. The minimum atomic E-state index is -3.36. The molecular formula is C21H30N4O2S2. The van der Waals surface area contributed by atoms with E-state index in [9.17, 15) is 8.42 Å². The lowest BCUT2D eigenvalue weighted by Gasteiger charge is -2.25. The van der Waals surface area contributed by atoms with Crippen LogP contribution in [-0.4, -0.2) is 38.3 Å². The lowest BCUT2D eigenvalue weighted by molar-refractivity contribution is 0.347. The van der Waals surface area contributed by atoms with Crippen LogP contribution in [0.15, 0.2) is 45.6 Å². The van der Waals surface area contributed by atoms with Gasteiger partial charge in [0, 0.05) is 24.5 Å². The highest BCUT2D eigenvalue weighted by atomic mass is 32.2. The first-order valence-corrected chi connectivity index (χ1v) is 12.4. The van der Waals surface area contributed by atoms with Crippen molar-refractivity contribution in [3.63, 3.8) is 0 Å². The Morgan fingerprint density at radius 1 is 1.14 bits per heavy atom. The number of aliphatic imine (C=N–C) groups is 1. The molecule has 0 bridgehead atoms. The molecule has 1 saturated heterocycles. The lowest BCUT2D eigenvalue weighted by Crippen LogP contribution is -2.36. The quantitative estimate of drug-likeness (QED) is 0.517. The van der Waals surface area contributed by atoms with E-state index in [0.29, 0.717) is 30.4 Å². The maximum absolute atomic E-state index is 12.8. The molecule has 0 atom stereocenters. The van der Waals surface area contributed by atoms with E-state index >= 15 is 0 Å². The highest BCUT2D eigenvalue weighted by molar-refractivity contribution is 7.91. The summed E-state index contributed by atoms with van der Waals surface area (Å²) in [6, 6.07) is 11.9. The van der Waals surface area contributed by atoms with Crippen molar-refractivity contribution in [3.8, 4) is 0 Å². The Hall–Kier alpha value is -1.90. The molecular weight excluding hydrogens is 404 g/mol. The predicted octanol–water partition coefficient (Wildman–Crippen LogP) is 3.49. The van der Waals surface area contributed by atoms with Crippen LogP contribution in [0.1, 0.15) is 42.2 Å². The summed E-state index contributed by atoms with van der Waals surface area (Å²) in [5.74, 6) is 0.725. The van der Waals surface area contributed by atoms with E-state index in [1.165, 1.54) is 16.9 Å². The topological polar surface area (TPSA) is 73.8 Å². The van der Waals surface area contributed by atoms with Gasteiger partial charge < -0.3 is 10.6 Å². The van der Waals surface area contributed by atoms with Gasteiger partial charge in [-0.05, 0) is 44.4 Å². The van der Waals surface area contributed by atoms with Crippen LogP contribution >= 0.6 is 11.3 Å². The summed E-state index contributed by atoms with van der Waals surface area (Å²) in [6.07, 6.45) is 3.01. The van der Waals surface area contributed by atoms with Gasteiger partial charge >= 0.3 is 0 Å². The summed E-state index contributed by atoms with van der Waals surface area (Å²) in [5, 5.41) is 6.55. The number of piperidine rings is 1. The Morgan fingerprint density at radius 2 is 1.93 bits per heavy atom. The van der Waals surface area contributed by atoms with Gasteiger partial charge in [-0.1, -0.05) is 36.2 Å². The van der Waals surface area contributed by atoms with Crippen molar-refractivity contribution < 1.29 is 8.42 Å². The first kappa shape index (κ1) is 21.8. The second-order valence-corrected chi connectivity index (χ2v) is 10.6. The zero-order chi connectivity index (χ0) is 20.7. The van der Waals surface area contributed by atoms with Gasteiger partial charge in [-0.25, -0.2) is 13.4 Å². The average molecular weight is 435 g/mol. The molecule has 1 aromatic carbocycles. The van der Waals surface area contributed by atoms with Crippen LogP contribution in [0.25, 0.3) is 0 Å². The van der Waals surface area contributed by atoms with Crippen LogP contribution in [0.3, 0.4) is 0 Å². The van der Waals surface area contributed by atoms with E-state index < -0.39 is 10.0 Å². The molecule has 158 valence electrons. The van der Waals surface area contributed by atoms with Gasteiger partial charge in [-0.3, -0.25) is 0 Å². The molecule has 2 aromatic rings. The Labute approximate surface area is 178 Å². The molecule has 0 saturated carbocycles. The molecule has 6 nitrogen and oxygen atoms in total. The van der Waals surface area contributed by atoms with E-state index in [4.69, 9.17) is 0 Å². The number of benzene rings is 1. The number of rotatable bonds is 7. The summed E-state index contributed by atoms with van der Waals surface area (Å²) >= 11 is 1.34. The second kappa shape index (κ2) is 10.2. The predicted molar refractivity (Wildman–Crippen MR) is 120 cm³/mol. The van der Waals surface area contributed by atoms with Gasteiger partial charge in [0.1, 0.15) is 4.21 Å². The molecule has 3 rings (SSSR count). The Morgan fingerprint density at radius 3 is 2.66 bits per heavy atom. The molecule has 8 heteroatoms. The monoisotopic (exact) mass is 434 g/mol. The molecule has 0 unspecified atom stereocenters. The lowest BCUT2D eigenvalue weighted by atomic mass is 10.1. The van der Waals surface area contributed by atoms with Crippen molar-refractivity contribution in [2.45, 2.75) is 50.4 Å². The van der Waals surface area contributed by atoms with Crippen LogP contribution in [-0.2, 0) is 23.1 Å². The first-order chi connectivity index (χ1) is 14.0. The molecule has 0 aliphatic carbocycles. The number of hydrogen-bond donors (Lipinski definition) is 2. The number of aryl methyl sites for hydroxylation is 1. The summed E-state index contributed by atoms with van der Waals surface area (Å²) in [6.45, 7) is 7.25. The molecule has 0 amide bonds. The molecule has 1 fully saturated rings. The van der Waals surface area contributed by atoms with E-state index in [1.807, 2.05) is 19.1 Å². The molecule has 29 heavy (non-hydrogen) atoms. The second-order valence-electron chi connectivity index (χ2n) is 7.22. The third-order valence-electron chi connectivity index (χ3n) is 4.82. The SMILES string of the molecule is CCNC(=NCc1cccc(C)c1)NCc1ccc(S(=O)(=O)N2CCCCC2)s1. The molecule has 2 N–H and O–H groups in total. The third-order valence-corrected chi connectivity index (χ3v) is 8.27. The van der Waals surface area contributed by atoms with Crippen LogP contribution in [0, 0.1) is 6.92 Å². The zero-order valence-electron chi connectivity index (χ0n) is 17.1. The fourth-order valence-electron chi connectivity index (χ4n) is 3.32. The van der Waals surface area contributed by atoms with Gasteiger partial charge in [-0.15, -0.1) is 11.3 Å². The number of thiophene rings is 1. The molecule has 1 aliphatic heterocycles. The first-order valence-electron chi connectivity index (χ1n) is 10.2. The van der Waals surface area contributed by atoms with E-state index in [0.717, 1.165) is 42.2 Å². The van der Waals surface area contributed by atoms with Gasteiger partial charge in [0.25, 0.3) is 10.0 Å². The van der Waals surface area contributed by atoms with Gasteiger partial charge in [0.15, 0.2) is 5.96 Å². The fraction of sp³-hybridized carbons (Fsp3) is 0.476. The maximum atomic E-state index is 12.8. The molecule has 0 spiro atoms. The van der Waals surface area contributed by atoms with Crippen LogP contribution in [0.2, 0.25) is 0 Å². The minimum Gasteiger partial charge on any atom is -0.357 e. The standard InChI is InChI=1S/C21H30N4O2S2/c1-3-22-21(23-15-18-9-7-8-17(2)14-18)24-16-19-10-11-20(28-19)29(26,27)25-12-5-4-6-13-25/h7-11,14H,3-6,12-13,15-16H2,1-2H3,(H2,22,23,24). The molecule has 2 heterocycles. The number of guanidine groups is 1. The highest BCUT2D eigenvalue weighted by Gasteiger charge is 2.27. The fourth-order valence-corrected chi connectivity index (χ4v) is 6.28. The number of hydrogen-bond acceptors (Lipinski definition) is 4. The van der Waals surface area contributed by atoms with Gasteiger partial charge in [0.05, 0.1) is 13.1 Å². The van der Waals surface area contributed by atoms with Crippen molar-refractivity contribution in [1.82, 2.24) is 14.9 Å². The maximum Gasteiger partial charge on any atom is 0.252 e. The van der Waals surface area contributed by atoms with Crippen molar-refractivity contribution >= 4 is 27.3 Å². The Bertz CT molecular complexity index is 932. The van der Waals surface area contributed by atoms with Crippen LogP contribution in [0.4, 0.5) is 0 Å². The van der Waals surface area contributed by atoms with Crippen LogP contribution in [0.5, 0.6) is 0 Å². The number of nitrogens with zero attached hydrogens (tertiary/aromatic N) is 2. The van der Waals surface area contributed by atoms with Crippen molar-refractivity contribution in [1.29, 1.82) is 0 Å². The normalized spacial score (nSPS) is 16.0. The average Bonchev–Trinajstić information content (AvgIpc) is 3.21. The van der Waals surface area contributed by atoms with E-state index in [-0.39, 0.29) is 0 Å². The smallest absolute Gasteiger partial charge is 0.252 e. The van der Waals surface area contributed by atoms with E-state index in [2.05, 4.69) is 40.7 Å². The molecule has 1 aromatic heterocycles.